The topological polar surface area (TPSA) is 21.3 Å². The Morgan fingerprint density at radius 3 is 1.71 bits per heavy atom. The molecular weight excluding hydrogens is 342 g/mol. The highest BCUT2D eigenvalue weighted by atomic mass is 16.5. The number of benzene rings is 3. The second-order valence-corrected chi connectivity index (χ2v) is 7.25. The van der Waals surface area contributed by atoms with Gasteiger partial charge < -0.3 is 10.1 Å². The van der Waals surface area contributed by atoms with Crippen LogP contribution in [-0.2, 0) is 4.74 Å². The summed E-state index contributed by atoms with van der Waals surface area (Å²) < 4.78 is 6.01. The van der Waals surface area contributed by atoms with Gasteiger partial charge in [-0.25, -0.2) is 0 Å². The van der Waals surface area contributed by atoms with Crippen LogP contribution in [0, 0.1) is 0 Å². The molecule has 0 amide bonds. The Balaban J connectivity index is 1.99. The highest BCUT2D eigenvalue weighted by Gasteiger charge is 2.27. The van der Waals surface area contributed by atoms with Crippen molar-refractivity contribution in [1.29, 1.82) is 0 Å². The summed E-state index contributed by atoms with van der Waals surface area (Å²) in [5, 5.41) is 3.88. The molecule has 3 atom stereocenters. The van der Waals surface area contributed by atoms with Gasteiger partial charge in [-0.15, -0.1) is 6.58 Å². The van der Waals surface area contributed by atoms with E-state index in [4.69, 9.17) is 4.74 Å². The number of hydrogen-bond acceptors (Lipinski definition) is 2. The Kier molecular flexibility index (Phi) is 7.18. The Bertz CT molecular complexity index is 845. The van der Waals surface area contributed by atoms with Crippen molar-refractivity contribution < 1.29 is 4.74 Å². The van der Waals surface area contributed by atoms with E-state index in [0.29, 0.717) is 0 Å². The highest BCUT2D eigenvalue weighted by Crippen LogP contribution is 2.35. The fourth-order valence-corrected chi connectivity index (χ4v) is 3.65. The van der Waals surface area contributed by atoms with Gasteiger partial charge in [0.1, 0.15) is 6.10 Å². The van der Waals surface area contributed by atoms with Gasteiger partial charge in [-0.05, 0) is 30.0 Å². The van der Waals surface area contributed by atoms with Crippen molar-refractivity contribution in [2.75, 3.05) is 7.11 Å². The van der Waals surface area contributed by atoms with Crippen LogP contribution < -0.4 is 5.32 Å². The lowest BCUT2D eigenvalue weighted by molar-refractivity contribution is 0.0629. The van der Waals surface area contributed by atoms with Gasteiger partial charge in [0, 0.05) is 13.2 Å². The standard InChI is InChI=1S/C26H29NO/c1-20(2)19-24(21-13-7-4-8-14-21)27-25(22-15-9-5-10-16-22)26(28-3)23-17-11-6-12-18-23/h4-18,24-27H,1,19H2,2-3H3/t24-,25+,26-/m1/s1. The third-order valence-corrected chi connectivity index (χ3v) is 4.98. The Hall–Kier alpha value is -2.68. The summed E-state index contributed by atoms with van der Waals surface area (Å²) in [6.45, 7) is 6.24. The largest absolute Gasteiger partial charge is 0.375 e. The number of methoxy groups -OCH3 is 1. The zero-order valence-corrected chi connectivity index (χ0v) is 16.7. The lowest BCUT2D eigenvalue weighted by Crippen LogP contribution is -2.32. The van der Waals surface area contributed by atoms with E-state index in [2.05, 4.69) is 97.7 Å². The molecule has 2 heteroatoms. The third kappa shape index (κ3) is 5.19. The van der Waals surface area contributed by atoms with Crippen LogP contribution in [0.15, 0.2) is 103 Å². The number of nitrogens with one attached hydrogen (secondary N) is 1. The van der Waals surface area contributed by atoms with Gasteiger partial charge in [0.05, 0.1) is 6.04 Å². The average molecular weight is 372 g/mol. The molecule has 0 fully saturated rings. The maximum atomic E-state index is 6.01. The first-order valence-corrected chi connectivity index (χ1v) is 9.77. The molecule has 0 saturated heterocycles. The predicted octanol–water partition coefficient (Wildman–Crippen LogP) is 6.41. The molecule has 144 valence electrons. The molecule has 3 aromatic carbocycles. The van der Waals surface area contributed by atoms with E-state index < -0.39 is 0 Å². The van der Waals surface area contributed by atoms with E-state index in [1.807, 2.05) is 12.1 Å². The molecular formula is C26H29NO. The van der Waals surface area contributed by atoms with E-state index in [1.165, 1.54) is 11.1 Å². The maximum Gasteiger partial charge on any atom is 0.102 e. The lowest BCUT2D eigenvalue weighted by atomic mass is 9.92. The lowest BCUT2D eigenvalue weighted by Gasteiger charge is -2.32. The summed E-state index contributed by atoms with van der Waals surface area (Å²) in [5.41, 5.74) is 4.78. The van der Waals surface area contributed by atoms with Gasteiger partial charge >= 0.3 is 0 Å². The van der Waals surface area contributed by atoms with E-state index >= 15 is 0 Å². The first-order chi connectivity index (χ1) is 13.7. The van der Waals surface area contributed by atoms with Crippen LogP contribution in [0.3, 0.4) is 0 Å². The monoisotopic (exact) mass is 371 g/mol. The van der Waals surface area contributed by atoms with Gasteiger partial charge in [0.2, 0.25) is 0 Å². The number of ether oxygens (including phenoxy) is 1. The van der Waals surface area contributed by atoms with Gasteiger partial charge in [-0.3, -0.25) is 0 Å². The smallest absolute Gasteiger partial charge is 0.102 e. The van der Waals surface area contributed by atoms with Crippen LogP contribution in [0.25, 0.3) is 0 Å². The molecule has 0 saturated carbocycles. The van der Waals surface area contributed by atoms with E-state index in [1.54, 1.807) is 7.11 Å². The molecule has 0 aliphatic carbocycles. The molecule has 0 heterocycles. The molecule has 0 radical (unpaired) electrons. The van der Waals surface area contributed by atoms with Gasteiger partial charge in [-0.2, -0.15) is 0 Å². The molecule has 3 rings (SSSR count). The van der Waals surface area contributed by atoms with E-state index in [-0.39, 0.29) is 18.2 Å². The molecule has 0 spiro atoms. The van der Waals surface area contributed by atoms with Crippen molar-refractivity contribution in [3.8, 4) is 0 Å². The molecule has 28 heavy (non-hydrogen) atoms. The third-order valence-electron chi connectivity index (χ3n) is 4.98. The molecule has 0 bridgehead atoms. The minimum Gasteiger partial charge on any atom is -0.375 e. The summed E-state index contributed by atoms with van der Waals surface area (Å²) >= 11 is 0. The van der Waals surface area contributed by atoms with Crippen molar-refractivity contribution in [2.45, 2.75) is 31.5 Å². The van der Waals surface area contributed by atoms with Crippen molar-refractivity contribution in [2.24, 2.45) is 0 Å². The molecule has 0 aliphatic heterocycles. The summed E-state index contributed by atoms with van der Waals surface area (Å²) in [4.78, 5) is 0. The van der Waals surface area contributed by atoms with Gasteiger partial charge in [-0.1, -0.05) is 96.6 Å². The van der Waals surface area contributed by atoms with Crippen LogP contribution >= 0.6 is 0 Å². The van der Waals surface area contributed by atoms with Crippen molar-refractivity contribution in [3.05, 3.63) is 120 Å². The fraction of sp³-hybridized carbons (Fsp3) is 0.231. The summed E-state index contributed by atoms with van der Waals surface area (Å²) in [5.74, 6) is 0. The van der Waals surface area contributed by atoms with Crippen LogP contribution in [0.1, 0.15) is 48.2 Å². The minimum absolute atomic E-state index is 0.0122. The van der Waals surface area contributed by atoms with Crippen molar-refractivity contribution in [3.63, 3.8) is 0 Å². The molecule has 0 unspecified atom stereocenters. The van der Waals surface area contributed by atoms with Crippen molar-refractivity contribution in [1.82, 2.24) is 5.32 Å². The average Bonchev–Trinajstić information content (AvgIpc) is 2.74. The van der Waals surface area contributed by atoms with Gasteiger partial charge in [0.15, 0.2) is 0 Å². The van der Waals surface area contributed by atoms with Crippen LogP contribution in [0.2, 0.25) is 0 Å². The van der Waals surface area contributed by atoms with Crippen LogP contribution in [0.5, 0.6) is 0 Å². The van der Waals surface area contributed by atoms with E-state index in [0.717, 1.165) is 17.6 Å². The van der Waals surface area contributed by atoms with Crippen LogP contribution in [0.4, 0.5) is 0 Å². The summed E-state index contributed by atoms with van der Waals surface area (Å²) in [6, 6.07) is 31.7. The minimum atomic E-state index is -0.0973. The first-order valence-electron chi connectivity index (χ1n) is 9.77. The SMILES string of the molecule is C=C(C)C[C@@H](N[C@@H](c1ccccc1)[C@H](OC)c1ccccc1)c1ccccc1. The molecule has 3 aromatic rings. The Morgan fingerprint density at radius 2 is 1.25 bits per heavy atom. The van der Waals surface area contributed by atoms with Crippen LogP contribution in [-0.4, -0.2) is 7.11 Å². The summed E-state index contributed by atoms with van der Waals surface area (Å²) in [6.07, 6.45) is 0.776. The highest BCUT2D eigenvalue weighted by molar-refractivity contribution is 5.28. The predicted molar refractivity (Wildman–Crippen MR) is 117 cm³/mol. The summed E-state index contributed by atoms with van der Waals surface area (Å²) in [7, 11) is 1.78. The van der Waals surface area contributed by atoms with Gasteiger partial charge in [0.25, 0.3) is 0 Å². The fourth-order valence-electron chi connectivity index (χ4n) is 3.65. The Morgan fingerprint density at radius 1 is 0.786 bits per heavy atom. The molecule has 2 nitrogen and oxygen atoms in total. The zero-order chi connectivity index (χ0) is 19.8. The Labute approximate surface area is 168 Å². The zero-order valence-electron chi connectivity index (χ0n) is 16.7. The normalized spacial score (nSPS) is 14.2. The second-order valence-electron chi connectivity index (χ2n) is 7.25. The first kappa shape index (κ1) is 20.1. The number of hydrogen-bond donors (Lipinski definition) is 1. The quantitative estimate of drug-likeness (QED) is 0.439. The second kappa shape index (κ2) is 10.0. The molecule has 0 aliphatic rings. The van der Waals surface area contributed by atoms with Crippen molar-refractivity contribution >= 4 is 0 Å². The van der Waals surface area contributed by atoms with E-state index in [9.17, 15) is 0 Å². The molecule has 0 aromatic heterocycles. The molecule has 1 N–H and O–H groups in total. The number of rotatable bonds is 9. The maximum absolute atomic E-state index is 6.01.